The van der Waals surface area contributed by atoms with Gasteiger partial charge in [0.15, 0.2) is 11.5 Å². The fraction of sp³-hybridized carbons (Fsp3) is 0.500. The number of unbranched alkanes of at least 4 members (excludes halogenated alkanes) is 3. The average Bonchev–Trinajstić information content (AvgIpc) is 2.53. The monoisotopic (exact) mass is 385 g/mol. The number of amides is 1. The maximum atomic E-state index is 12.2. The molecular weight excluding hydrogens is 366 g/mol. The molecule has 126 valence electrons. The van der Waals surface area contributed by atoms with Crippen molar-refractivity contribution in [3.8, 4) is 11.5 Å². The van der Waals surface area contributed by atoms with Crippen molar-refractivity contribution in [2.75, 3.05) is 19.8 Å². The summed E-state index contributed by atoms with van der Waals surface area (Å²) < 4.78 is 11.7. The Labute approximate surface area is 143 Å². The van der Waals surface area contributed by atoms with Gasteiger partial charge in [0.05, 0.1) is 4.47 Å². The van der Waals surface area contributed by atoms with Crippen molar-refractivity contribution in [2.45, 2.75) is 32.1 Å². The molecule has 2 rings (SSSR count). The summed E-state index contributed by atoms with van der Waals surface area (Å²) in [6.07, 6.45) is 3.48. The van der Waals surface area contributed by atoms with E-state index in [0.717, 1.165) is 19.3 Å². The molecule has 0 aromatic heterocycles. The minimum atomic E-state index is -0.762. The molecular formula is C16H20BrNO5. The first-order valence-corrected chi connectivity index (χ1v) is 8.46. The molecule has 7 heteroatoms. The van der Waals surface area contributed by atoms with Crippen molar-refractivity contribution in [1.29, 1.82) is 0 Å². The highest BCUT2D eigenvalue weighted by Gasteiger charge is 2.18. The van der Waals surface area contributed by atoms with E-state index < -0.39 is 5.97 Å². The Kier molecular flexibility index (Phi) is 6.70. The lowest BCUT2D eigenvalue weighted by molar-refractivity contribution is -0.137. The standard InChI is InChI=1S/C16H20BrNO5/c17-12-9-11(10-13-15(12)23-8-7-22-13)16(21)18-6-4-2-1-3-5-14(19)20/h9-10H,1-8H2,(H,18,21)(H,19,20). The predicted octanol–water partition coefficient (Wildman–Crippen LogP) is 2.99. The van der Waals surface area contributed by atoms with Crippen molar-refractivity contribution in [2.24, 2.45) is 0 Å². The summed E-state index contributed by atoms with van der Waals surface area (Å²) in [5, 5.41) is 11.4. The van der Waals surface area contributed by atoms with E-state index in [1.54, 1.807) is 12.1 Å². The van der Waals surface area contributed by atoms with Crippen LogP contribution in [0.4, 0.5) is 0 Å². The van der Waals surface area contributed by atoms with Crippen molar-refractivity contribution in [3.05, 3.63) is 22.2 Å². The molecule has 23 heavy (non-hydrogen) atoms. The lowest BCUT2D eigenvalue weighted by Crippen LogP contribution is -2.25. The molecule has 0 atom stereocenters. The Morgan fingerprint density at radius 2 is 1.87 bits per heavy atom. The molecule has 0 unspecified atom stereocenters. The first-order valence-electron chi connectivity index (χ1n) is 7.67. The number of fused-ring (bicyclic) bond motifs is 1. The van der Waals surface area contributed by atoms with Gasteiger partial charge in [0.2, 0.25) is 0 Å². The quantitative estimate of drug-likeness (QED) is 0.671. The topological polar surface area (TPSA) is 84.9 Å². The van der Waals surface area contributed by atoms with Gasteiger partial charge in [-0.2, -0.15) is 0 Å². The van der Waals surface area contributed by atoms with Crippen LogP contribution in [-0.4, -0.2) is 36.7 Å². The lowest BCUT2D eigenvalue weighted by atomic mass is 10.1. The van der Waals surface area contributed by atoms with Gasteiger partial charge in [-0.15, -0.1) is 0 Å². The Morgan fingerprint density at radius 3 is 2.65 bits per heavy atom. The number of rotatable bonds is 8. The minimum absolute atomic E-state index is 0.159. The summed E-state index contributed by atoms with van der Waals surface area (Å²) in [5.41, 5.74) is 0.520. The largest absolute Gasteiger partial charge is 0.486 e. The molecule has 1 aliphatic heterocycles. The summed E-state index contributed by atoms with van der Waals surface area (Å²) in [6, 6.07) is 3.40. The second-order valence-corrected chi connectivity index (χ2v) is 6.15. The van der Waals surface area contributed by atoms with Crippen LogP contribution in [0, 0.1) is 0 Å². The van der Waals surface area contributed by atoms with Gasteiger partial charge in [0.1, 0.15) is 13.2 Å². The lowest BCUT2D eigenvalue weighted by Gasteiger charge is -2.20. The van der Waals surface area contributed by atoms with Gasteiger partial charge in [0, 0.05) is 18.5 Å². The highest BCUT2D eigenvalue weighted by molar-refractivity contribution is 9.10. The van der Waals surface area contributed by atoms with Crippen LogP contribution in [0.15, 0.2) is 16.6 Å². The van der Waals surface area contributed by atoms with Crippen LogP contribution < -0.4 is 14.8 Å². The zero-order valence-corrected chi connectivity index (χ0v) is 14.4. The van der Waals surface area contributed by atoms with E-state index in [2.05, 4.69) is 21.2 Å². The molecule has 0 bridgehead atoms. The number of halogens is 1. The van der Waals surface area contributed by atoms with Crippen molar-refractivity contribution in [3.63, 3.8) is 0 Å². The number of ether oxygens (including phenoxy) is 2. The molecule has 6 nitrogen and oxygen atoms in total. The minimum Gasteiger partial charge on any atom is -0.486 e. The first-order chi connectivity index (χ1) is 11.1. The molecule has 0 saturated carbocycles. The molecule has 1 aliphatic rings. The number of carboxylic acid groups (broad SMARTS) is 1. The van der Waals surface area contributed by atoms with Crippen LogP contribution in [0.1, 0.15) is 42.5 Å². The number of nitrogens with one attached hydrogen (secondary N) is 1. The van der Waals surface area contributed by atoms with Crippen molar-refractivity contribution in [1.82, 2.24) is 5.32 Å². The normalized spacial score (nSPS) is 12.7. The van der Waals surface area contributed by atoms with Crippen LogP contribution in [0.25, 0.3) is 0 Å². The molecule has 1 aromatic rings. The van der Waals surface area contributed by atoms with Crippen LogP contribution >= 0.6 is 15.9 Å². The second kappa shape index (κ2) is 8.76. The molecule has 1 amide bonds. The first kappa shape index (κ1) is 17.6. The molecule has 1 aromatic carbocycles. The van der Waals surface area contributed by atoms with E-state index in [1.165, 1.54) is 0 Å². The molecule has 0 radical (unpaired) electrons. The van der Waals surface area contributed by atoms with E-state index in [0.29, 0.717) is 47.7 Å². The average molecular weight is 386 g/mol. The highest BCUT2D eigenvalue weighted by atomic mass is 79.9. The zero-order chi connectivity index (χ0) is 16.7. The second-order valence-electron chi connectivity index (χ2n) is 5.30. The van der Waals surface area contributed by atoms with Crippen molar-refractivity contribution >= 4 is 27.8 Å². The fourth-order valence-corrected chi connectivity index (χ4v) is 2.86. The number of benzene rings is 1. The number of carboxylic acids is 1. The summed E-state index contributed by atoms with van der Waals surface area (Å²) in [7, 11) is 0. The third-order valence-corrected chi connectivity index (χ3v) is 4.05. The summed E-state index contributed by atoms with van der Waals surface area (Å²) in [6.45, 7) is 1.54. The van der Waals surface area contributed by atoms with E-state index in [1.807, 2.05) is 0 Å². The van der Waals surface area contributed by atoms with E-state index in [-0.39, 0.29) is 12.3 Å². The molecule has 2 N–H and O–H groups in total. The number of hydrogen-bond donors (Lipinski definition) is 2. The summed E-state index contributed by atoms with van der Waals surface area (Å²) >= 11 is 3.39. The van der Waals surface area contributed by atoms with Crippen LogP contribution in [-0.2, 0) is 4.79 Å². The Morgan fingerprint density at radius 1 is 1.13 bits per heavy atom. The predicted molar refractivity (Wildman–Crippen MR) is 88.2 cm³/mol. The summed E-state index contributed by atoms with van der Waals surface area (Å²) in [4.78, 5) is 22.5. The van der Waals surface area contributed by atoms with Gasteiger partial charge >= 0.3 is 5.97 Å². The van der Waals surface area contributed by atoms with Gasteiger partial charge in [-0.1, -0.05) is 12.8 Å². The van der Waals surface area contributed by atoms with Crippen LogP contribution in [0.5, 0.6) is 11.5 Å². The number of carbonyl (C=O) groups excluding carboxylic acids is 1. The number of hydrogen-bond acceptors (Lipinski definition) is 4. The number of aliphatic carboxylic acids is 1. The van der Waals surface area contributed by atoms with Crippen molar-refractivity contribution < 1.29 is 24.2 Å². The molecule has 1 heterocycles. The Bertz CT molecular complexity index is 576. The fourth-order valence-electron chi connectivity index (χ4n) is 2.30. The maximum Gasteiger partial charge on any atom is 0.303 e. The molecule has 0 fully saturated rings. The SMILES string of the molecule is O=C(O)CCCCCCNC(=O)c1cc(Br)c2c(c1)OCCO2. The van der Waals surface area contributed by atoms with Gasteiger partial charge < -0.3 is 19.9 Å². The number of carbonyl (C=O) groups is 2. The third kappa shape index (κ3) is 5.42. The summed E-state index contributed by atoms with van der Waals surface area (Å²) in [5.74, 6) is 0.284. The van der Waals surface area contributed by atoms with Crippen LogP contribution in [0.3, 0.4) is 0 Å². The van der Waals surface area contributed by atoms with E-state index >= 15 is 0 Å². The van der Waals surface area contributed by atoms with Gasteiger partial charge in [-0.3, -0.25) is 9.59 Å². The third-order valence-electron chi connectivity index (χ3n) is 3.46. The molecule has 0 saturated heterocycles. The van der Waals surface area contributed by atoms with E-state index in [9.17, 15) is 9.59 Å². The van der Waals surface area contributed by atoms with E-state index in [4.69, 9.17) is 14.6 Å². The molecule has 0 aliphatic carbocycles. The zero-order valence-electron chi connectivity index (χ0n) is 12.8. The Hall–Kier alpha value is -1.76. The van der Waals surface area contributed by atoms with Gasteiger partial charge in [-0.25, -0.2) is 0 Å². The van der Waals surface area contributed by atoms with Gasteiger partial charge in [-0.05, 0) is 40.9 Å². The maximum absolute atomic E-state index is 12.2. The molecule has 0 spiro atoms. The van der Waals surface area contributed by atoms with Gasteiger partial charge in [0.25, 0.3) is 5.91 Å². The highest BCUT2D eigenvalue weighted by Crippen LogP contribution is 2.38. The smallest absolute Gasteiger partial charge is 0.303 e. The van der Waals surface area contributed by atoms with Crippen LogP contribution in [0.2, 0.25) is 0 Å². The Balaban J connectivity index is 1.75.